The zero-order chi connectivity index (χ0) is 11.1. The van der Waals surface area contributed by atoms with Crippen molar-refractivity contribution in [3.8, 4) is 5.75 Å². The molecule has 0 unspecified atom stereocenters. The smallest absolute Gasteiger partial charge is 0.141 e. The molecule has 0 bridgehead atoms. The van der Waals surface area contributed by atoms with Gasteiger partial charge in [-0.05, 0) is 25.5 Å². The lowest BCUT2D eigenvalue weighted by Gasteiger charge is -2.08. The van der Waals surface area contributed by atoms with Crippen LogP contribution in [0, 0.1) is 6.92 Å². The van der Waals surface area contributed by atoms with Crippen LogP contribution in [0.15, 0.2) is 24.3 Å². The van der Waals surface area contributed by atoms with Gasteiger partial charge in [-0.3, -0.25) is 4.98 Å². The van der Waals surface area contributed by atoms with E-state index >= 15 is 0 Å². The molecule has 1 rings (SSSR count). The standard InChI is InChI=1S/C12H17NOS/c1-3-11-12(7-6-10(2)13-11)14-8-4-5-9-15/h4-7,15H,3,8-9H2,1-2H3/b5-4+. The van der Waals surface area contributed by atoms with E-state index in [1.807, 2.05) is 31.2 Å². The number of hydrogen-bond acceptors (Lipinski definition) is 3. The molecule has 0 saturated heterocycles. The third-order valence-electron chi connectivity index (χ3n) is 2.01. The van der Waals surface area contributed by atoms with Crippen molar-refractivity contribution < 1.29 is 4.74 Å². The molecule has 2 nitrogen and oxygen atoms in total. The van der Waals surface area contributed by atoms with Crippen molar-refractivity contribution in [2.24, 2.45) is 0 Å². The van der Waals surface area contributed by atoms with Crippen molar-refractivity contribution in [1.82, 2.24) is 4.98 Å². The molecule has 0 aliphatic carbocycles. The summed E-state index contributed by atoms with van der Waals surface area (Å²) in [6, 6.07) is 3.95. The summed E-state index contributed by atoms with van der Waals surface area (Å²) in [6.07, 6.45) is 4.83. The van der Waals surface area contributed by atoms with Gasteiger partial charge in [0.25, 0.3) is 0 Å². The molecular formula is C12H17NOS. The fourth-order valence-corrected chi connectivity index (χ4v) is 1.41. The number of pyridine rings is 1. The summed E-state index contributed by atoms with van der Waals surface area (Å²) in [4.78, 5) is 4.43. The fourth-order valence-electron chi connectivity index (χ4n) is 1.26. The van der Waals surface area contributed by atoms with Crippen molar-refractivity contribution in [3.05, 3.63) is 35.7 Å². The number of aromatic nitrogens is 1. The second-order valence-corrected chi connectivity index (χ2v) is 3.58. The van der Waals surface area contributed by atoms with Crippen LogP contribution in [0.3, 0.4) is 0 Å². The van der Waals surface area contributed by atoms with E-state index in [9.17, 15) is 0 Å². The van der Waals surface area contributed by atoms with Crippen LogP contribution in [-0.4, -0.2) is 17.3 Å². The summed E-state index contributed by atoms with van der Waals surface area (Å²) < 4.78 is 5.60. The van der Waals surface area contributed by atoms with Gasteiger partial charge in [-0.1, -0.05) is 19.1 Å². The molecule has 0 amide bonds. The molecular weight excluding hydrogens is 206 g/mol. The maximum Gasteiger partial charge on any atom is 0.141 e. The van der Waals surface area contributed by atoms with Gasteiger partial charge in [0.2, 0.25) is 0 Å². The van der Waals surface area contributed by atoms with Crippen molar-refractivity contribution >= 4 is 12.6 Å². The molecule has 0 aliphatic heterocycles. The van der Waals surface area contributed by atoms with Crippen LogP contribution >= 0.6 is 12.6 Å². The van der Waals surface area contributed by atoms with E-state index in [1.165, 1.54) is 0 Å². The Bertz CT molecular complexity index is 336. The first-order valence-electron chi connectivity index (χ1n) is 5.13. The van der Waals surface area contributed by atoms with E-state index in [4.69, 9.17) is 4.74 Å². The second kappa shape index (κ2) is 6.51. The van der Waals surface area contributed by atoms with Crippen molar-refractivity contribution in [2.45, 2.75) is 20.3 Å². The minimum Gasteiger partial charge on any atom is -0.488 e. The van der Waals surface area contributed by atoms with Gasteiger partial charge in [-0.2, -0.15) is 12.6 Å². The molecule has 1 aromatic rings. The van der Waals surface area contributed by atoms with Crippen LogP contribution in [-0.2, 0) is 6.42 Å². The highest BCUT2D eigenvalue weighted by Gasteiger charge is 2.02. The van der Waals surface area contributed by atoms with Crippen LogP contribution in [0.1, 0.15) is 18.3 Å². The topological polar surface area (TPSA) is 22.1 Å². The summed E-state index contributed by atoms with van der Waals surface area (Å²) in [5.41, 5.74) is 2.05. The summed E-state index contributed by atoms with van der Waals surface area (Å²) in [7, 11) is 0. The maximum atomic E-state index is 5.60. The molecule has 1 aromatic heterocycles. The number of nitrogens with zero attached hydrogens (tertiary/aromatic N) is 1. The number of rotatable bonds is 5. The maximum absolute atomic E-state index is 5.60. The number of hydrogen-bond donors (Lipinski definition) is 1. The molecule has 0 fully saturated rings. The van der Waals surface area contributed by atoms with Crippen molar-refractivity contribution in [1.29, 1.82) is 0 Å². The summed E-state index contributed by atoms with van der Waals surface area (Å²) in [6.45, 7) is 4.65. The van der Waals surface area contributed by atoms with Gasteiger partial charge in [0.15, 0.2) is 0 Å². The molecule has 0 radical (unpaired) electrons. The second-order valence-electron chi connectivity index (χ2n) is 3.22. The lowest BCUT2D eigenvalue weighted by atomic mass is 10.2. The molecule has 0 spiro atoms. The van der Waals surface area contributed by atoms with Crippen LogP contribution in [0.25, 0.3) is 0 Å². The van der Waals surface area contributed by atoms with E-state index in [0.29, 0.717) is 6.61 Å². The largest absolute Gasteiger partial charge is 0.488 e. The van der Waals surface area contributed by atoms with E-state index in [-0.39, 0.29) is 0 Å². The monoisotopic (exact) mass is 223 g/mol. The molecule has 0 aromatic carbocycles. The molecule has 82 valence electrons. The highest BCUT2D eigenvalue weighted by molar-refractivity contribution is 7.80. The highest BCUT2D eigenvalue weighted by Crippen LogP contribution is 2.17. The van der Waals surface area contributed by atoms with E-state index in [0.717, 1.165) is 29.3 Å². The highest BCUT2D eigenvalue weighted by atomic mass is 32.1. The third-order valence-corrected chi connectivity index (χ3v) is 2.22. The SMILES string of the molecule is CCc1nc(C)ccc1OC/C=C/CS. The number of thiol groups is 1. The van der Waals surface area contributed by atoms with E-state index < -0.39 is 0 Å². The first kappa shape index (κ1) is 12.1. The summed E-state index contributed by atoms with van der Waals surface area (Å²) in [5.74, 6) is 1.63. The van der Waals surface area contributed by atoms with Gasteiger partial charge < -0.3 is 4.74 Å². The first-order chi connectivity index (χ1) is 7.27. The van der Waals surface area contributed by atoms with E-state index in [2.05, 4.69) is 24.5 Å². The predicted octanol–water partition coefficient (Wildman–Crippen LogP) is 2.82. The molecule has 15 heavy (non-hydrogen) atoms. The third kappa shape index (κ3) is 3.96. The Balaban J connectivity index is 2.63. The van der Waals surface area contributed by atoms with Crippen LogP contribution in [0.4, 0.5) is 0 Å². The average molecular weight is 223 g/mol. The Hall–Kier alpha value is -0.960. The lowest BCUT2D eigenvalue weighted by Crippen LogP contribution is -2.00. The van der Waals surface area contributed by atoms with Crippen LogP contribution in [0.5, 0.6) is 5.75 Å². The van der Waals surface area contributed by atoms with Crippen LogP contribution in [0.2, 0.25) is 0 Å². The normalized spacial score (nSPS) is 10.9. The first-order valence-corrected chi connectivity index (χ1v) is 5.76. The van der Waals surface area contributed by atoms with Crippen LogP contribution < -0.4 is 4.74 Å². The Morgan fingerprint density at radius 2 is 2.20 bits per heavy atom. The van der Waals surface area contributed by atoms with Gasteiger partial charge in [0.1, 0.15) is 12.4 Å². The fraction of sp³-hybridized carbons (Fsp3) is 0.417. The number of aryl methyl sites for hydroxylation is 2. The Morgan fingerprint density at radius 3 is 2.87 bits per heavy atom. The molecule has 0 atom stereocenters. The molecule has 0 saturated carbocycles. The van der Waals surface area contributed by atoms with Crippen molar-refractivity contribution in [2.75, 3.05) is 12.4 Å². The minimum atomic E-state index is 0.582. The van der Waals surface area contributed by atoms with Gasteiger partial charge in [-0.25, -0.2) is 0 Å². The minimum absolute atomic E-state index is 0.582. The van der Waals surface area contributed by atoms with E-state index in [1.54, 1.807) is 0 Å². The molecule has 0 aliphatic rings. The molecule has 1 heterocycles. The zero-order valence-corrected chi connectivity index (χ0v) is 10.1. The number of ether oxygens (including phenoxy) is 1. The zero-order valence-electron chi connectivity index (χ0n) is 9.23. The summed E-state index contributed by atoms with van der Waals surface area (Å²) >= 11 is 4.08. The quantitative estimate of drug-likeness (QED) is 0.612. The predicted molar refractivity (Wildman–Crippen MR) is 66.8 cm³/mol. The van der Waals surface area contributed by atoms with Gasteiger partial charge in [0.05, 0.1) is 5.69 Å². The van der Waals surface area contributed by atoms with Gasteiger partial charge in [-0.15, -0.1) is 0 Å². The lowest BCUT2D eigenvalue weighted by molar-refractivity contribution is 0.356. The molecule has 3 heteroatoms. The van der Waals surface area contributed by atoms with Gasteiger partial charge in [0, 0.05) is 11.4 Å². The van der Waals surface area contributed by atoms with Gasteiger partial charge >= 0.3 is 0 Å². The average Bonchev–Trinajstić information content (AvgIpc) is 2.26. The molecule has 0 N–H and O–H groups in total. The summed E-state index contributed by atoms with van der Waals surface area (Å²) in [5, 5.41) is 0. The Morgan fingerprint density at radius 1 is 1.40 bits per heavy atom. The Kier molecular flexibility index (Phi) is 5.26. The Labute approximate surface area is 96.8 Å². The van der Waals surface area contributed by atoms with Crippen molar-refractivity contribution in [3.63, 3.8) is 0 Å².